The molecule has 0 saturated carbocycles. The normalized spacial score (nSPS) is 10.2. The summed E-state index contributed by atoms with van der Waals surface area (Å²) in [6.45, 7) is 4.72. The molecule has 0 heterocycles. The molecule has 0 amide bonds. The fraction of sp³-hybridized carbons (Fsp3) is 0.571. The summed E-state index contributed by atoms with van der Waals surface area (Å²) in [5, 5.41) is 3.36. The van der Waals surface area contributed by atoms with Crippen LogP contribution in [0.3, 0.4) is 0 Å². The third-order valence-corrected chi connectivity index (χ3v) is 2.58. The molecule has 0 aliphatic heterocycles. The second-order valence-electron chi connectivity index (χ2n) is 4.15. The predicted molar refractivity (Wildman–Crippen MR) is 73.6 cm³/mol. The molecule has 96 valence electrons. The molecular weight excluding hydrogens is 212 g/mol. The van der Waals surface area contributed by atoms with Gasteiger partial charge in [-0.1, -0.05) is 13.3 Å². The minimum atomic E-state index is 0.770. The second-order valence-corrected chi connectivity index (χ2v) is 4.15. The maximum Gasteiger partial charge on any atom is 0.119 e. The highest BCUT2D eigenvalue weighted by Gasteiger charge is 1.95. The molecule has 0 aliphatic rings. The van der Waals surface area contributed by atoms with E-state index in [9.17, 15) is 0 Å². The van der Waals surface area contributed by atoms with Gasteiger partial charge in [0, 0.05) is 12.2 Å². The first-order valence-corrected chi connectivity index (χ1v) is 6.53. The van der Waals surface area contributed by atoms with Crippen molar-refractivity contribution in [3.8, 4) is 5.75 Å². The molecular formula is C14H24N2O. The molecule has 0 aliphatic carbocycles. The molecule has 3 nitrogen and oxygen atoms in total. The molecule has 0 aromatic heterocycles. The van der Waals surface area contributed by atoms with E-state index in [1.54, 1.807) is 0 Å². The van der Waals surface area contributed by atoms with Gasteiger partial charge in [-0.05, 0) is 50.1 Å². The minimum Gasteiger partial charge on any atom is -0.494 e. The monoisotopic (exact) mass is 236 g/mol. The molecule has 1 aromatic rings. The number of unbranched alkanes of at least 4 members (excludes halogenated alkanes) is 2. The Balaban J connectivity index is 2.24. The Morgan fingerprint density at radius 1 is 1.12 bits per heavy atom. The topological polar surface area (TPSA) is 47.3 Å². The Kier molecular flexibility index (Phi) is 7.23. The quantitative estimate of drug-likeness (QED) is 0.648. The fourth-order valence-corrected chi connectivity index (χ4v) is 1.51. The van der Waals surface area contributed by atoms with Gasteiger partial charge >= 0.3 is 0 Å². The zero-order valence-corrected chi connectivity index (χ0v) is 10.7. The van der Waals surface area contributed by atoms with Crippen LogP contribution in [0.15, 0.2) is 24.3 Å². The summed E-state index contributed by atoms with van der Waals surface area (Å²) in [7, 11) is 0. The van der Waals surface area contributed by atoms with Crippen LogP contribution in [0, 0.1) is 0 Å². The molecule has 0 unspecified atom stereocenters. The summed E-state index contributed by atoms with van der Waals surface area (Å²) in [4.78, 5) is 0. The average Bonchev–Trinajstić information content (AvgIpc) is 2.37. The van der Waals surface area contributed by atoms with Gasteiger partial charge in [-0.3, -0.25) is 0 Å². The summed E-state index contributed by atoms with van der Waals surface area (Å²) in [6, 6.07) is 8.15. The molecule has 0 bridgehead atoms. The number of hydrogen-bond acceptors (Lipinski definition) is 3. The first-order valence-electron chi connectivity index (χ1n) is 6.53. The van der Waals surface area contributed by atoms with Crippen molar-refractivity contribution < 1.29 is 4.74 Å². The standard InChI is InChI=1S/C14H24N2O/c1-2-3-12-17-14-8-6-13(7-9-14)16-11-5-4-10-15/h6-9,16H,2-5,10-12,15H2,1H3. The van der Waals surface area contributed by atoms with Gasteiger partial charge in [-0.25, -0.2) is 0 Å². The van der Waals surface area contributed by atoms with Crippen molar-refractivity contribution in [3.63, 3.8) is 0 Å². The lowest BCUT2D eigenvalue weighted by atomic mass is 10.2. The van der Waals surface area contributed by atoms with Crippen molar-refractivity contribution in [1.29, 1.82) is 0 Å². The number of nitrogens with two attached hydrogens (primary N) is 1. The van der Waals surface area contributed by atoms with E-state index < -0.39 is 0 Å². The van der Waals surface area contributed by atoms with Crippen molar-refractivity contribution in [1.82, 2.24) is 0 Å². The van der Waals surface area contributed by atoms with Gasteiger partial charge in [0.25, 0.3) is 0 Å². The van der Waals surface area contributed by atoms with E-state index in [0.29, 0.717) is 0 Å². The third kappa shape index (κ3) is 6.17. The van der Waals surface area contributed by atoms with Gasteiger partial charge in [0.05, 0.1) is 6.61 Å². The van der Waals surface area contributed by atoms with E-state index >= 15 is 0 Å². The zero-order chi connectivity index (χ0) is 12.3. The van der Waals surface area contributed by atoms with Crippen LogP contribution in [0.2, 0.25) is 0 Å². The van der Waals surface area contributed by atoms with Crippen LogP contribution in [0.5, 0.6) is 5.75 Å². The summed E-state index contributed by atoms with van der Waals surface area (Å²) in [6.07, 6.45) is 4.47. The second kappa shape index (κ2) is 8.88. The van der Waals surface area contributed by atoms with Crippen molar-refractivity contribution in [2.75, 3.05) is 25.0 Å². The number of ether oxygens (including phenoxy) is 1. The highest BCUT2D eigenvalue weighted by Crippen LogP contribution is 2.15. The van der Waals surface area contributed by atoms with E-state index in [1.807, 2.05) is 12.1 Å². The summed E-state index contributed by atoms with van der Waals surface area (Å²) in [5.74, 6) is 0.950. The lowest BCUT2D eigenvalue weighted by molar-refractivity contribution is 0.309. The molecule has 0 fully saturated rings. The number of nitrogens with one attached hydrogen (secondary N) is 1. The number of anilines is 1. The number of rotatable bonds is 9. The molecule has 17 heavy (non-hydrogen) atoms. The van der Waals surface area contributed by atoms with E-state index in [2.05, 4.69) is 24.4 Å². The maximum absolute atomic E-state index is 5.60. The first kappa shape index (κ1) is 13.8. The molecule has 0 radical (unpaired) electrons. The van der Waals surface area contributed by atoms with Gasteiger partial charge in [0.15, 0.2) is 0 Å². The fourth-order valence-electron chi connectivity index (χ4n) is 1.51. The molecule has 3 heteroatoms. The minimum absolute atomic E-state index is 0.770. The molecule has 0 atom stereocenters. The van der Waals surface area contributed by atoms with Crippen LogP contribution in [-0.2, 0) is 0 Å². The van der Waals surface area contributed by atoms with E-state index in [1.165, 1.54) is 6.42 Å². The van der Waals surface area contributed by atoms with Gasteiger partial charge in [-0.15, -0.1) is 0 Å². The number of hydrogen-bond donors (Lipinski definition) is 2. The van der Waals surface area contributed by atoms with E-state index in [4.69, 9.17) is 10.5 Å². The Morgan fingerprint density at radius 2 is 1.88 bits per heavy atom. The summed E-state index contributed by atoms with van der Waals surface area (Å²) >= 11 is 0. The van der Waals surface area contributed by atoms with Gasteiger partial charge in [-0.2, -0.15) is 0 Å². The Hall–Kier alpha value is -1.22. The van der Waals surface area contributed by atoms with Crippen LogP contribution in [-0.4, -0.2) is 19.7 Å². The Bertz CT molecular complexity index is 285. The lowest BCUT2D eigenvalue weighted by Crippen LogP contribution is -2.05. The lowest BCUT2D eigenvalue weighted by Gasteiger charge is -2.08. The van der Waals surface area contributed by atoms with Crippen LogP contribution in [0.25, 0.3) is 0 Å². The van der Waals surface area contributed by atoms with Crippen LogP contribution < -0.4 is 15.8 Å². The van der Waals surface area contributed by atoms with Crippen molar-refractivity contribution in [2.24, 2.45) is 5.73 Å². The number of benzene rings is 1. The van der Waals surface area contributed by atoms with Crippen LogP contribution >= 0.6 is 0 Å². The van der Waals surface area contributed by atoms with Crippen molar-refractivity contribution >= 4 is 5.69 Å². The molecule has 1 aromatic carbocycles. The van der Waals surface area contributed by atoms with E-state index in [-0.39, 0.29) is 0 Å². The predicted octanol–water partition coefficient (Wildman–Crippen LogP) is 3.02. The van der Waals surface area contributed by atoms with Gasteiger partial charge in [0.2, 0.25) is 0 Å². The third-order valence-electron chi connectivity index (χ3n) is 2.58. The van der Waals surface area contributed by atoms with Crippen LogP contribution in [0.4, 0.5) is 5.69 Å². The van der Waals surface area contributed by atoms with Crippen molar-refractivity contribution in [3.05, 3.63) is 24.3 Å². The highest BCUT2D eigenvalue weighted by atomic mass is 16.5. The molecule has 1 rings (SSSR count). The summed E-state index contributed by atoms with van der Waals surface area (Å²) < 4.78 is 5.60. The average molecular weight is 236 g/mol. The largest absolute Gasteiger partial charge is 0.494 e. The first-order chi connectivity index (χ1) is 8.36. The SMILES string of the molecule is CCCCOc1ccc(NCCCCN)cc1. The zero-order valence-electron chi connectivity index (χ0n) is 10.7. The van der Waals surface area contributed by atoms with E-state index in [0.717, 1.165) is 50.4 Å². The molecule has 0 saturated heterocycles. The van der Waals surface area contributed by atoms with Gasteiger partial charge in [0.1, 0.15) is 5.75 Å². The summed E-state index contributed by atoms with van der Waals surface area (Å²) in [5.41, 5.74) is 6.58. The van der Waals surface area contributed by atoms with Crippen LogP contribution in [0.1, 0.15) is 32.6 Å². The Labute approximate surface area is 104 Å². The Morgan fingerprint density at radius 3 is 2.53 bits per heavy atom. The smallest absolute Gasteiger partial charge is 0.119 e. The highest BCUT2D eigenvalue weighted by molar-refractivity contribution is 5.46. The van der Waals surface area contributed by atoms with Gasteiger partial charge < -0.3 is 15.8 Å². The maximum atomic E-state index is 5.60. The van der Waals surface area contributed by atoms with Crippen molar-refractivity contribution in [2.45, 2.75) is 32.6 Å². The molecule has 3 N–H and O–H groups in total. The molecule has 0 spiro atoms.